The minimum Gasteiger partial charge on any atom is -0.444 e. The molecule has 1 unspecified atom stereocenters. The third-order valence-corrected chi connectivity index (χ3v) is 4.41. The Balaban J connectivity index is 2.35. The number of halogens is 1. The third-order valence-electron chi connectivity index (χ3n) is 3.67. The van der Waals surface area contributed by atoms with E-state index in [-0.39, 0.29) is 12.1 Å². The summed E-state index contributed by atoms with van der Waals surface area (Å²) in [5.74, 6) is 0.339. The van der Waals surface area contributed by atoms with Gasteiger partial charge in [0.1, 0.15) is 5.60 Å². The highest BCUT2D eigenvalue weighted by Gasteiger charge is 2.35. The first kappa shape index (κ1) is 16.3. The number of rotatable bonds is 1. The van der Waals surface area contributed by atoms with Crippen molar-refractivity contribution in [3.63, 3.8) is 0 Å². The monoisotopic (exact) mass is 353 g/mol. The minimum absolute atomic E-state index is 0.0705. The van der Waals surface area contributed by atoms with Crippen molar-refractivity contribution >= 4 is 22.0 Å². The average molecular weight is 354 g/mol. The molecule has 1 aliphatic heterocycles. The largest absolute Gasteiger partial charge is 0.444 e. The molecule has 1 aromatic rings. The summed E-state index contributed by atoms with van der Waals surface area (Å²) < 4.78 is 6.71. The van der Waals surface area contributed by atoms with Gasteiger partial charge in [-0.2, -0.15) is 0 Å². The number of ether oxygens (including phenoxy) is 1. The van der Waals surface area contributed by atoms with Crippen LogP contribution in [0.2, 0.25) is 0 Å². The molecule has 1 aliphatic rings. The second kappa shape index (κ2) is 5.99. The average Bonchev–Trinajstić information content (AvgIpc) is 2.35. The summed E-state index contributed by atoms with van der Waals surface area (Å²) in [5, 5.41) is 0. The Morgan fingerprint density at radius 1 is 1.38 bits per heavy atom. The Morgan fingerprint density at radius 3 is 2.62 bits per heavy atom. The van der Waals surface area contributed by atoms with Crippen LogP contribution in [-0.4, -0.2) is 23.1 Å². The molecule has 4 heteroatoms. The molecule has 0 aliphatic carbocycles. The number of fused-ring (bicyclic) bond motifs is 1. The third kappa shape index (κ3) is 3.60. The van der Waals surface area contributed by atoms with Gasteiger partial charge in [-0.3, -0.25) is 0 Å². The Kier molecular flexibility index (Phi) is 4.66. The Morgan fingerprint density at radius 2 is 2.05 bits per heavy atom. The maximum Gasteiger partial charge on any atom is 0.410 e. The van der Waals surface area contributed by atoms with Crippen LogP contribution in [0.25, 0.3) is 0 Å². The summed E-state index contributed by atoms with van der Waals surface area (Å²) in [4.78, 5) is 14.4. The fraction of sp³-hybridized carbons (Fsp3) is 0.588. The van der Waals surface area contributed by atoms with Gasteiger partial charge in [-0.05, 0) is 50.3 Å². The maximum atomic E-state index is 12.5. The molecule has 1 amide bonds. The number of hydrogen-bond donors (Lipinski definition) is 0. The van der Waals surface area contributed by atoms with Crippen LogP contribution in [0, 0.1) is 5.92 Å². The van der Waals surface area contributed by atoms with Crippen molar-refractivity contribution in [2.75, 3.05) is 6.54 Å². The van der Waals surface area contributed by atoms with Gasteiger partial charge in [-0.25, -0.2) is 4.79 Å². The van der Waals surface area contributed by atoms with Gasteiger partial charge in [0, 0.05) is 11.0 Å². The second-order valence-corrected chi connectivity index (χ2v) is 7.77. The van der Waals surface area contributed by atoms with Gasteiger partial charge in [-0.1, -0.05) is 41.9 Å². The Bertz CT molecular complexity index is 534. The molecule has 1 aromatic carbocycles. The lowest BCUT2D eigenvalue weighted by Gasteiger charge is -2.40. The SMILES string of the molecule is CC(C)C1c2cccc(Br)c2CCN1C(=O)OC(C)(C)C. The predicted molar refractivity (Wildman–Crippen MR) is 88.4 cm³/mol. The molecule has 0 fully saturated rings. The summed E-state index contributed by atoms with van der Waals surface area (Å²) in [7, 11) is 0. The lowest BCUT2D eigenvalue weighted by Crippen LogP contribution is -2.44. The smallest absolute Gasteiger partial charge is 0.410 e. The highest BCUT2D eigenvalue weighted by atomic mass is 79.9. The van der Waals surface area contributed by atoms with Crippen molar-refractivity contribution < 1.29 is 9.53 Å². The summed E-state index contributed by atoms with van der Waals surface area (Å²) in [6.45, 7) is 10.7. The van der Waals surface area contributed by atoms with E-state index in [1.807, 2.05) is 31.7 Å². The maximum absolute atomic E-state index is 12.5. The van der Waals surface area contributed by atoms with Crippen LogP contribution >= 0.6 is 15.9 Å². The zero-order valence-corrected chi connectivity index (χ0v) is 15.0. The van der Waals surface area contributed by atoms with Crippen LogP contribution < -0.4 is 0 Å². The lowest BCUT2D eigenvalue weighted by molar-refractivity contribution is 0.00874. The second-order valence-electron chi connectivity index (χ2n) is 6.92. The Labute approximate surface area is 135 Å². The van der Waals surface area contributed by atoms with Crippen LogP contribution in [0.15, 0.2) is 22.7 Å². The lowest BCUT2D eigenvalue weighted by atomic mass is 9.86. The van der Waals surface area contributed by atoms with E-state index in [9.17, 15) is 4.79 Å². The molecule has 0 radical (unpaired) electrons. The van der Waals surface area contributed by atoms with Gasteiger partial charge in [0.05, 0.1) is 6.04 Å². The zero-order valence-electron chi connectivity index (χ0n) is 13.4. The zero-order chi connectivity index (χ0) is 15.8. The predicted octanol–water partition coefficient (Wildman–Crippen LogP) is 4.94. The van der Waals surface area contributed by atoms with E-state index < -0.39 is 5.60 Å². The van der Waals surface area contributed by atoms with E-state index >= 15 is 0 Å². The van der Waals surface area contributed by atoms with Gasteiger partial charge < -0.3 is 9.64 Å². The van der Waals surface area contributed by atoms with Gasteiger partial charge in [0.15, 0.2) is 0 Å². The van der Waals surface area contributed by atoms with Gasteiger partial charge in [-0.15, -0.1) is 0 Å². The van der Waals surface area contributed by atoms with Crippen molar-refractivity contribution in [3.05, 3.63) is 33.8 Å². The molecule has 2 rings (SSSR count). The van der Waals surface area contributed by atoms with Crippen LogP contribution in [0.1, 0.15) is 51.8 Å². The van der Waals surface area contributed by atoms with Gasteiger partial charge in [0.2, 0.25) is 0 Å². The summed E-state index contributed by atoms with van der Waals surface area (Å²) in [6.07, 6.45) is 0.644. The van der Waals surface area contributed by atoms with Crippen molar-refractivity contribution in [3.8, 4) is 0 Å². The molecule has 0 aromatic heterocycles. The molecule has 0 bridgehead atoms. The standard InChI is InChI=1S/C17H24BrNO2/c1-11(2)15-13-7-6-8-14(18)12(13)9-10-19(15)16(20)21-17(3,4)5/h6-8,11,15H,9-10H2,1-5H3. The molecule has 0 N–H and O–H groups in total. The van der Waals surface area contributed by atoms with Gasteiger partial charge >= 0.3 is 6.09 Å². The molecule has 0 saturated carbocycles. The van der Waals surface area contributed by atoms with E-state index in [0.29, 0.717) is 12.5 Å². The summed E-state index contributed by atoms with van der Waals surface area (Å²) in [6, 6.07) is 6.30. The highest BCUT2D eigenvalue weighted by molar-refractivity contribution is 9.10. The van der Waals surface area contributed by atoms with Crippen LogP contribution in [0.4, 0.5) is 4.79 Å². The normalized spacial score (nSPS) is 18.6. The van der Waals surface area contributed by atoms with Crippen LogP contribution in [0.5, 0.6) is 0 Å². The molecule has 3 nitrogen and oxygen atoms in total. The fourth-order valence-electron chi connectivity index (χ4n) is 2.90. The van der Waals surface area contributed by atoms with E-state index in [0.717, 1.165) is 10.9 Å². The quantitative estimate of drug-likeness (QED) is 0.715. The van der Waals surface area contributed by atoms with E-state index in [1.165, 1.54) is 11.1 Å². The van der Waals surface area contributed by atoms with Crippen molar-refractivity contribution in [1.82, 2.24) is 4.90 Å². The molecule has 0 saturated heterocycles. The van der Waals surface area contributed by atoms with Crippen molar-refractivity contribution in [2.24, 2.45) is 5.92 Å². The first-order valence-corrected chi connectivity index (χ1v) is 8.27. The van der Waals surface area contributed by atoms with Crippen LogP contribution in [0.3, 0.4) is 0 Å². The first-order chi connectivity index (χ1) is 9.70. The summed E-state index contributed by atoms with van der Waals surface area (Å²) in [5.41, 5.74) is 2.09. The topological polar surface area (TPSA) is 29.5 Å². The molecular formula is C17H24BrNO2. The number of carbonyl (C=O) groups is 1. The molecule has 1 atom stereocenters. The van der Waals surface area contributed by atoms with Crippen LogP contribution in [-0.2, 0) is 11.2 Å². The first-order valence-electron chi connectivity index (χ1n) is 7.47. The summed E-state index contributed by atoms with van der Waals surface area (Å²) >= 11 is 3.63. The minimum atomic E-state index is -0.462. The molecular weight excluding hydrogens is 330 g/mol. The number of nitrogens with zero attached hydrogens (tertiary/aromatic N) is 1. The van der Waals surface area contributed by atoms with Crippen molar-refractivity contribution in [2.45, 2.75) is 52.7 Å². The van der Waals surface area contributed by atoms with E-state index in [2.05, 4.69) is 41.9 Å². The van der Waals surface area contributed by atoms with E-state index in [4.69, 9.17) is 4.74 Å². The molecule has 116 valence electrons. The van der Waals surface area contributed by atoms with E-state index in [1.54, 1.807) is 0 Å². The van der Waals surface area contributed by atoms with Gasteiger partial charge in [0.25, 0.3) is 0 Å². The highest BCUT2D eigenvalue weighted by Crippen LogP contribution is 2.38. The number of benzene rings is 1. The number of hydrogen-bond acceptors (Lipinski definition) is 2. The number of amides is 1. The van der Waals surface area contributed by atoms with Crippen molar-refractivity contribution in [1.29, 1.82) is 0 Å². The number of carbonyl (C=O) groups excluding carboxylic acids is 1. The Hall–Kier alpha value is -1.03. The molecule has 1 heterocycles. The molecule has 0 spiro atoms. The molecule has 21 heavy (non-hydrogen) atoms. The fourth-order valence-corrected chi connectivity index (χ4v) is 3.48.